The third kappa shape index (κ3) is 33.7. The van der Waals surface area contributed by atoms with Gasteiger partial charge in [0.1, 0.15) is 30.2 Å². The largest absolute Gasteiger partial charge is 0.492 e. The Morgan fingerprint density at radius 2 is 1.19 bits per heavy atom. The zero-order valence-corrected chi connectivity index (χ0v) is 44.9. The highest BCUT2D eigenvalue weighted by Crippen LogP contribution is 2.16. The fourth-order valence-corrected chi connectivity index (χ4v) is 7.55. The van der Waals surface area contributed by atoms with Crippen LogP contribution in [0.2, 0.25) is 0 Å². The maximum atomic E-state index is 13.0. The van der Waals surface area contributed by atoms with Crippen LogP contribution in [0.1, 0.15) is 170 Å². The number of hydrogen-bond acceptors (Lipinski definition) is 10. The van der Waals surface area contributed by atoms with Crippen LogP contribution >= 0.6 is 0 Å². The highest BCUT2D eigenvalue weighted by molar-refractivity contribution is 5.92. The summed E-state index contributed by atoms with van der Waals surface area (Å²) in [5, 5.41) is 9.67. The molecular formula is C56H92N6O8. The van der Waals surface area contributed by atoms with E-state index in [4.69, 9.17) is 18.9 Å². The fourth-order valence-electron chi connectivity index (χ4n) is 7.55. The maximum Gasteiger partial charge on any atom is 0.434 e. The number of benzene rings is 2. The van der Waals surface area contributed by atoms with Gasteiger partial charge in [-0.05, 0) is 181 Å². The summed E-state index contributed by atoms with van der Waals surface area (Å²) >= 11 is 0. The maximum absolute atomic E-state index is 13.0. The number of aryl methyl sites for hydroxylation is 1. The van der Waals surface area contributed by atoms with Gasteiger partial charge in [0.25, 0.3) is 0 Å². The van der Waals surface area contributed by atoms with Crippen molar-refractivity contribution in [3.63, 3.8) is 0 Å². The molecule has 2 rings (SSSR count). The topological polar surface area (TPSA) is 169 Å². The molecule has 0 saturated heterocycles. The first-order valence-corrected chi connectivity index (χ1v) is 26.2. The van der Waals surface area contributed by atoms with Crippen LogP contribution in [-0.4, -0.2) is 104 Å². The second-order valence-electron chi connectivity index (χ2n) is 20.8. The lowest BCUT2D eigenvalue weighted by Gasteiger charge is -2.23. The van der Waals surface area contributed by atoms with Crippen LogP contribution in [0.15, 0.2) is 64.6 Å². The highest BCUT2D eigenvalue weighted by Gasteiger charge is 2.17. The van der Waals surface area contributed by atoms with Gasteiger partial charge < -0.3 is 34.9 Å². The molecule has 0 aliphatic carbocycles. The number of unbranched alkanes of at least 4 members (excludes halogenated alkanes) is 5. The smallest absolute Gasteiger partial charge is 0.434 e. The first kappa shape index (κ1) is 61.3. The Balaban J connectivity index is 1.74. The van der Waals surface area contributed by atoms with Gasteiger partial charge in [0, 0.05) is 37.0 Å². The molecule has 0 aliphatic heterocycles. The van der Waals surface area contributed by atoms with Gasteiger partial charge in [-0.15, -0.1) is 0 Å². The van der Waals surface area contributed by atoms with Crippen molar-refractivity contribution in [2.75, 3.05) is 52.4 Å². The summed E-state index contributed by atoms with van der Waals surface area (Å²) in [4.78, 5) is 59.5. The molecule has 3 N–H and O–H groups in total. The first-order chi connectivity index (χ1) is 33.3. The quantitative estimate of drug-likeness (QED) is 0.0348. The molecule has 4 amide bonds. The molecule has 2 atom stereocenters. The molecular weight excluding hydrogens is 885 g/mol. The molecule has 0 fully saturated rings. The van der Waals surface area contributed by atoms with Crippen molar-refractivity contribution in [2.24, 2.45) is 21.8 Å². The Labute approximate surface area is 422 Å². The van der Waals surface area contributed by atoms with Crippen molar-refractivity contribution in [3.05, 3.63) is 65.7 Å². The molecule has 0 bridgehead atoms. The van der Waals surface area contributed by atoms with Crippen LogP contribution < -0.4 is 20.7 Å². The van der Waals surface area contributed by atoms with Gasteiger partial charge in [0.2, 0.25) is 5.91 Å². The summed E-state index contributed by atoms with van der Waals surface area (Å²) in [6, 6.07) is 17.9. The number of nitrogens with one attached hydrogen (secondary N) is 3. The van der Waals surface area contributed by atoms with Crippen LogP contribution in [0, 0.1) is 11.8 Å². The van der Waals surface area contributed by atoms with Crippen molar-refractivity contribution < 1.29 is 38.1 Å². The predicted molar refractivity (Wildman–Crippen MR) is 284 cm³/mol. The summed E-state index contributed by atoms with van der Waals surface area (Å²) in [7, 11) is 0. The molecule has 394 valence electrons. The Hall–Kier alpha value is -4.82. The normalized spacial score (nSPS) is 13.1. The highest BCUT2D eigenvalue weighted by atomic mass is 16.6. The van der Waals surface area contributed by atoms with E-state index >= 15 is 0 Å². The number of nitrogens with zero attached hydrogens (tertiary/aromatic N) is 3. The third-order valence-electron chi connectivity index (χ3n) is 11.5. The summed E-state index contributed by atoms with van der Waals surface area (Å²) in [5.41, 5.74) is 2.69. The van der Waals surface area contributed by atoms with Crippen LogP contribution in [0.3, 0.4) is 0 Å². The molecule has 0 heterocycles. The minimum Gasteiger partial charge on any atom is -0.492 e. The van der Waals surface area contributed by atoms with Crippen molar-refractivity contribution in [3.8, 4) is 5.75 Å². The van der Waals surface area contributed by atoms with Gasteiger partial charge in [0.15, 0.2) is 0 Å². The van der Waals surface area contributed by atoms with Crippen LogP contribution in [0.5, 0.6) is 5.75 Å². The molecule has 70 heavy (non-hydrogen) atoms. The first-order valence-electron chi connectivity index (χ1n) is 26.2. The van der Waals surface area contributed by atoms with E-state index in [0.29, 0.717) is 25.6 Å². The molecule has 0 saturated carbocycles. The molecule has 14 heteroatoms. The van der Waals surface area contributed by atoms with Crippen molar-refractivity contribution in [2.45, 2.75) is 183 Å². The standard InChI is InChI=1S/C56H92N6O8/c1-44(24-14-11-16-26-46(3)60-53(65)69-55(5,6)7)42-57-35-22-38-62(39-23-37-58-51(63)45(2)25-15-12-17-27-47(4)61-54(66)70-56(8,9)10)40-41-67-50-33-31-48(32-34-50)28-20-21-36-59-52(64)68-43-49-29-18-13-19-30-49/h13,18-19,29-34,44-45,57H,11-12,14-17,20-28,35-43H2,1-10H3,(H,58,63)(H,59,64)/t44-,45-/m0/s1. The summed E-state index contributed by atoms with van der Waals surface area (Å²) in [5.74, 6) is 1.45. The van der Waals surface area contributed by atoms with Gasteiger partial charge in [-0.1, -0.05) is 82.0 Å². The number of ether oxygens (including phenoxy) is 4. The SMILES string of the molecule is CC(CCCCC[C@H](C)CNCCCN(CCCNC(=O)[C@@H](C)CCCCCC(C)=NC(=O)OC(C)(C)C)CCOc1ccc(CCCCNC(=O)OCc2ccccc2)cc1)=NC(=O)OC(C)(C)C. The number of carbonyl (C=O) groups is 4. The Morgan fingerprint density at radius 3 is 1.79 bits per heavy atom. The molecule has 2 aromatic carbocycles. The number of rotatable bonds is 34. The van der Waals surface area contributed by atoms with E-state index in [-0.39, 0.29) is 18.4 Å². The lowest BCUT2D eigenvalue weighted by atomic mass is 10.0. The molecule has 0 aromatic heterocycles. The van der Waals surface area contributed by atoms with E-state index in [1.165, 1.54) is 5.56 Å². The number of amides is 4. The number of hydrogen-bond donors (Lipinski definition) is 3. The zero-order valence-electron chi connectivity index (χ0n) is 44.9. The van der Waals surface area contributed by atoms with E-state index in [1.54, 1.807) is 0 Å². The fraction of sp³-hybridized carbons (Fsp3) is 0.679. The van der Waals surface area contributed by atoms with E-state index in [1.807, 2.05) is 105 Å². The van der Waals surface area contributed by atoms with E-state index in [9.17, 15) is 19.2 Å². The lowest BCUT2D eigenvalue weighted by molar-refractivity contribution is -0.124. The molecule has 0 unspecified atom stereocenters. The van der Waals surface area contributed by atoms with Crippen LogP contribution in [-0.2, 0) is 32.0 Å². The Bertz CT molecular complexity index is 1820. The van der Waals surface area contributed by atoms with Crippen molar-refractivity contribution in [1.29, 1.82) is 0 Å². The van der Waals surface area contributed by atoms with E-state index < -0.39 is 29.5 Å². The number of alkyl carbamates (subject to hydrolysis) is 1. The zero-order chi connectivity index (χ0) is 51.6. The monoisotopic (exact) mass is 977 g/mol. The van der Waals surface area contributed by atoms with Gasteiger partial charge in [-0.2, -0.15) is 9.98 Å². The number of carbonyl (C=O) groups excluding carboxylic acids is 4. The van der Waals surface area contributed by atoms with Gasteiger partial charge in [-0.3, -0.25) is 9.69 Å². The van der Waals surface area contributed by atoms with Crippen molar-refractivity contribution in [1.82, 2.24) is 20.9 Å². The summed E-state index contributed by atoms with van der Waals surface area (Å²) in [6.45, 7) is 25.6. The predicted octanol–water partition coefficient (Wildman–Crippen LogP) is 12.1. The van der Waals surface area contributed by atoms with Crippen molar-refractivity contribution >= 4 is 35.6 Å². The van der Waals surface area contributed by atoms with E-state index in [0.717, 1.165) is 152 Å². The van der Waals surface area contributed by atoms with Crippen LogP contribution in [0.4, 0.5) is 14.4 Å². The number of aliphatic imine (C=N–C) groups is 2. The minimum atomic E-state index is -0.558. The summed E-state index contributed by atoms with van der Waals surface area (Å²) < 4.78 is 22.1. The van der Waals surface area contributed by atoms with Gasteiger partial charge in [-0.25, -0.2) is 14.4 Å². The van der Waals surface area contributed by atoms with E-state index in [2.05, 4.69) is 49.9 Å². The molecule has 0 aliphatic rings. The van der Waals surface area contributed by atoms with Gasteiger partial charge >= 0.3 is 18.3 Å². The second-order valence-corrected chi connectivity index (χ2v) is 20.8. The van der Waals surface area contributed by atoms with Gasteiger partial charge in [0.05, 0.1) is 0 Å². The molecule has 0 radical (unpaired) electrons. The van der Waals surface area contributed by atoms with Crippen LogP contribution in [0.25, 0.3) is 0 Å². The lowest BCUT2D eigenvalue weighted by Crippen LogP contribution is -2.35. The second kappa shape index (κ2) is 35.3. The minimum absolute atomic E-state index is 0.0616. The molecule has 0 spiro atoms. The summed E-state index contributed by atoms with van der Waals surface area (Å²) in [6.07, 6.45) is 12.8. The Morgan fingerprint density at radius 1 is 0.614 bits per heavy atom. The molecule has 14 nitrogen and oxygen atoms in total. The molecule has 2 aromatic rings. The third-order valence-corrected chi connectivity index (χ3v) is 11.5. The average Bonchev–Trinajstić information content (AvgIpc) is 3.28. The Kier molecular flexibility index (Phi) is 30.9. The average molecular weight is 977 g/mol.